The van der Waals surface area contributed by atoms with Gasteiger partial charge in [-0.05, 0) is 137 Å². The van der Waals surface area contributed by atoms with Crippen LogP contribution in [0.2, 0.25) is 0 Å². The Balaban J connectivity index is 1.14. The van der Waals surface area contributed by atoms with E-state index in [2.05, 4.69) is 141 Å². The molecule has 2 aliphatic heterocycles. The fourth-order valence-electron chi connectivity index (χ4n) is 11.0. The molecule has 382 valence electrons. The zero-order valence-electron chi connectivity index (χ0n) is 44.5. The molecule has 75 heavy (non-hydrogen) atoms. The molecule has 8 bridgehead atoms. The number of anilines is 1. The van der Waals surface area contributed by atoms with Crippen LogP contribution in [0.15, 0.2) is 116 Å². The first-order valence-corrected chi connectivity index (χ1v) is 26.3. The van der Waals surface area contributed by atoms with Gasteiger partial charge in [0.1, 0.15) is 0 Å². The van der Waals surface area contributed by atoms with Crippen LogP contribution in [0.3, 0.4) is 0 Å². The first-order chi connectivity index (χ1) is 36.0. The summed E-state index contributed by atoms with van der Waals surface area (Å²) in [4.78, 5) is 58.2. The number of benzene rings is 4. The summed E-state index contributed by atoms with van der Waals surface area (Å²) in [5.74, 6) is -2.44. The molecule has 0 saturated heterocycles. The number of carbonyl (C=O) groups is 3. The van der Waals surface area contributed by atoms with E-state index >= 15 is 0 Å². The number of amides is 1. The highest BCUT2D eigenvalue weighted by molar-refractivity contribution is 6.03. The number of rotatable bonds is 15. The van der Waals surface area contributed by atoms with E-state index in [1.165, 1.54) is 11.1 Å². The van der Waals surface area contributed by atoms with Gasteiger partial charge in [-0.15, -0.1) is 0 Å². The minimum Gasteiger partial charge on any atom is -0.481 e. The van der Waals surface area contributed by atoms with Crippen molar-refractivity contribution in [2.24, 2.45) is 0 Å². The largest absolute Gasteiger partial charge is 0.481 e. The van der Waals surface area contributed by atoms with Gasteiger partial charge in [0.2, 0.25) is 5.91 Å². The summed E-state index contributed by atoms with van der Waals surface area (Å²) in [7, 11) is 0. The fraction of sp³-hybridized carbons (Fsp3) is 0.277. The SMILES string of the molecule is C=Cc1c(C)c2cc3nc(c(CC(=O)O)c4[nH]c(cc5nc(cc1[nH]2)C(C)=C5CC)c(C)c4C(=O)O)[C@@H](CCC(=O)Nc1cc(-c2ccc(C(C)CC)cc2)ccc1-c1ccc(-c2ccc(C(C)C)cc2)cc1)[C@@H]3C. The van der Waals surface area contributed by atoms with Crippen molar-refractivity contribution >= 4 is 62.8 Å². The molecular formula is C65H67N5O5. The lowest BCUT2D eigenvalue weighted by Crippen LogP contribution is -2.15. The maximum absolute atomic E-state index is 14.6. The summed E-state index contributed by atoms with van der Waals surface area (Å²) in [5, 5.41) is 24.7. The van der Waals surface area contributed by atoms with Crippen LogP contribution < -0.4 is 5.32 Å². The Hall–Kier alpha value is -8.11. The second-order valence-corrected chi connectivity index (χ2v) is 20.7. The summed E-state index contributed by atoms with van der Waals surface area (Å²) in [6.07, 6.45) is 3.42. The van der Waals surface area contributed by atoms with Crippen molar-refractivity contribution in [1.82, 2.24) is 19.9 Å². The molecule has 7 aromatic rings. The van der Waals surface area contributed by atoms with Gasteiger partial charge in [-0.2, -0.15) is 0 Å². The number of H-pyrrole nitrogens is 2. The zero-order chi connectivity index (χ0) is 53.4. The molecule has 0 fully saturated rings. The number of fused-ring (bicyclic) bond motifs is 8. The number of aromatic nitrogens is 4. The number of aromatic amines is 2. The average Bonchev–Trinajstić information content (AvgIpc) is 4.09. The highest BCUT2D eigenvalue weighted by atomic mass is 16.4. The predicted octanol–water partition coefficient (Wildman–Crippen LogP) is 16.2. The molecule has 2 aliphatic rings. The zero-order valence-corrected chi connectivity index (χ0v) is 44.5. The summed E-state index contributed by atoms with van der Waals surface area (Å²) < 4.78 is 0. The van der Waals surface area contributed by atoms with E-state index in [1.807, 2.05) is 51.1 Å². The van der Waals surface area contributed by atoms with Crippen molar-refractivity contribution in [1.29, 1.82) is 0 Å². The number of carbonyl (C=O) groups excluding carboxylic acids is 1. The number of aliphatic carboxylic acids is 1. The van der Waals surface area contributed by atoms with E-state index in [0.29, 0.717) is 58.5 Å². The maximum atomic E-state index is 14.6. The molecule has 10 heteroatoms. The van der Waals surface area contributed by atoms with Crippen molar-refractivity contribution in [2.75, 3.05) is 5.32 Å². The van der Waals surface area contributed by atoms with Crippen LogP contribution in [0.1, 0.15) is 164 Å². The van der Waals surface area contributed by atoms with Crippen LogP contribution in [0.5, 0.6) is 0 Å². The maximum Gasteiger partial charge on any atom is 0.338 e. The molecular weight excluding hydrogens is 931 g/mol. The van der Waals surface area contributed by atoms with Gasteiger partial charge in [-0.1, -0.05) is 139 Å². The molecule has 1 amide bonds. The predicted molar refractivity (Wildman–Crippen MR) is 306 cm³/mol. The number of hydrogen-bond acceptors (Lipinski definition) is 5. The molecule has 3 atom stereocenters. The molecule has 0 aliphatic carbocycles. The van der Waals surface area contributed by atoms with Gasteiger partial charge in [0, 0.05) is 62.9 Å². The summed E-state index contributed by atoms with van der Waals surface area (Å²) in [6, 6.07) is 37.8. The Kier molecular flexibility index (Phi) is 14.8. The number of allylic oxidation sites excluding steroid dienone is 2. The molecule has 5 heterocycles. The third-order valence-corrected chi connectivity index (χ3v) is 15.8. The van der Waals surface area contributed by atoms with Gasteiger partial charge in [0.05, 0.1) is 34.6 Å². The number of nitrogens with one attached hydrogen (secondary N) is 3. The van der Waals surface area contributed by atoms with Gasteiger partial charge >= 0.3 is 11.9 Å². The Morgan fingerprint density at radius 3 is 1.93 bits per heavy atom. The van der Waals surface area contributed by atoms with Crippen molar-refractivity contribution in [2.45, 2.75) is 118 Å². The molecule has 9 rings (SSSR count). The van der Waals surface area contributed by atoms with Crippen LogP contribution in [-0.2, 0) is 16.0 Å². The van der Waals surface area contributed by atoms with Gasteiger partial charge < -0.3 is 25.5 Å². The van der Waals surface area contributed by atoms with Crippen LogP contribution >= 0.6 is 0 Å². The Labute approximate surface area is 439 Å². The van der Waals surface area contributed by atoms with E-state index < -0.39 is 24.3 Å². The molecule has 5 N–H and O–H groups in total. The molecule has 0 saturated carbocycles. The second kappa shape index (κ2) is 21.4. The molecule has 3 aromatic heterocycles. The van der Waals surface area contributed by atoms with Crippen LogP contribution in [-0.4, -0.2) is 48.0 Å². The van der Waals surface area contributed by atoms with Crippen LogP contribution in [0.25, 0.3) is 72.7 Å². The smallest absolute Gasteiger partial charge is 0.338 e. The first kappa shape index (κ1) is 51.8. The minimum atomic E-state index is -1.19. The second-order valence-electron chi connectivity index (χ2n) is 20.7. The van der Waals surface area contributed by atoms with Gasteiger partial charge in [-0.25, -0.2) is 9.78 Å². The molecule has 0 spiro atoms. The average molecular weight is 998 g/mol. The summed E-state index contributed by atoms with van der Waals surface area (Å²) in [6.45, 7) is 22.8. The topological polar surface area (TPSA) is 161 Å². The van der Waals surface area contributed by atoms with Gasteiger partial charge in [0.25, 0.3) is 0 Å². The molecule has 1 unspecified atom stereocenters. The molecule has 10 nitrogen and oxygen atoms in total. The standard InChI is InChI=1S/C65H67N5O5/c1-11-36(6)42-16-20-45(21-17-42)47-26-27-51(46-24-22-44(23-25-46)43-18-14-41(15-19-43)35(4)5)57(30-47)68-60(71)29-28-50-39(9)55-32-53-37(7)48(12-2)58(66-53)33-54-38(8)49(13-3)59(67-54)34-56-40(10)62(65(74)75)64(70-56)52(31-61(72)73)63(50)69-55/h12,14-27,30,32-36,39,50,66,70H,2,11,13,28-29,31H2,1,3-10H3,(H,68,71)(H,72,73)(H,74,75)/t36?,39-,50-/m0/s1. The number of aromatic carboxylic acids is 1. The van der Waals surface area contributed by atoms with Gasteiger partial charge in [0.15, 0.2) is 0 Å². The van der Waals surface area contributed by atoms with Crippen molar-refractivity contribution < 1.29 is 24.6 Å². The van der Waals surface area contributed by atoms with E-state index in [9.17, 15) is 24.6 Å². The number of carboxylic acids is 2. The van der Waals surface area contributed by atoms with Crippen LogP contribution in [0, 0.1) is 13.8 Å². The van der Waals surface area contributed by atoms with Crippen molar-refractivity contribution in [3.05, 3.63) is 177 Å². The van der Waals surface area contributed by atoms with Crippen molar-refractivity contribution in [3.8, 4) is 33.4 Å². The van der Waals surface area contributed by atoms with E-state index in [-0.39, 0.29) is 34.9 Å². The number of aryl methyl sites for hydroxylation is 2. The van der Waals surface area contributed by atoms with E-state index in [0.717, 1.165) is 78.8 Å². The van der Waals surface area contributed by atoms with E-state index in [4.69, 9.17) is 9.97 Å². The minimum absolute atomic E-state index is 0.0294. The normalized spacial score (nSPS) is 14.8. The quantitative estimate of drug-likeness (QED) is 0.0683. The monoisotopic (exact) mass is 998 g/mol. The first-order valence-electron chi connectivity index (χ1n) is 26.3. The van der Waals surface area contributed by atoms with Gasteiger partial charge in [-0.3, -0.25) is 14.6 Å². The summed E-state index contributed by atoms with van der Waals surface area (Å²) in [5.41, 5.74) is 18.8. The summed E-state index contributed by atoms with van der Waals surface area (Å²) >= 11 is 0. The number of hydrogen-bond donors (Lipinski definition) is 5. The Morgan fingerprint density at radius 2 is 1.32 bits per heavy atom. The molecule has 0 radical (unpaired) electrons. The Morgan fingerprint density at radius 1 is 0.720 bits per heavy atom. The van der Waals surface area contributed by atoms with Crippen molar-refractivity contribution in [3.63, 3.8) is 0 Å². The highest BCUT2D eigenvalue weighted by Gasteiger charge is 2.34. The van der Waals surface area contributed by atoms with E-state index in [1.54, 1.807) is 6.92 Å². The number of nitrogens with zero attached hydrogens (tertiary/aromatic N) is 2. The third-order valence-electron chi connectivity index (χ3n) is 15.8. The molecule has 4 aromatic carbocycles. The highest BCUT2D eigenvalue weighted by Crippen LogP contribution is 2.44. The number of carboxylic acid groups (broad SMARTS) is 2. The third kappa shape index (κ3) is 10.3. The Bertz CT molecular complexity index is 3600. The lowest BCUT2D eigenvalue weighted by Gasteiger charge is -2.19. The lowest BCUT2D eigenvalue weighted by atomic mass is 9.85. The van der Waals surface area contributed by atoms with Crippen LogP contribution in [0.4, 0.5) is 5.69 Å². The fourth-order valence-corrected chi connectivity index (χ4v) is 11.0. The lowest BCUT2D eigenvalue weighted by molar-refractivity contribution is -0.136.